The Morgan fingerprint density at radius 2 is 1.88 bits per heavy atom. The average Bonchev–Trinajstić information content (AvgIpc) is 2.55. The SMILES string of the molecule is Cc1cccc(SC(C)C(=O)N2c3ccccc3NC(=O)C2(C)C)c1. The fourth-order valence-corrected chi connectivity index (χ4v) is 4.00. The summed E-state index contributed by atoms with van der Waals surface area (Å²) in [6.45, 7) is 7.48. The summed E-state index contributed by atoms with van der Waals surface area (Å²) in [6.07, 6.45) is 0. The van der Waals surface area contributed by atoms with Crippen molar-refractivity contribution in [3.63, 3.8) is 0 Å². The number of rotatable bonds is 3. The Bertz CT molecular complexity index is 832. The van der Waals surface area contributed by atoms with Crippen LogP contribution in [0.3, 0.4) is 0 Å². The molecule has 0 aromatic heterocycles. The first-order valence-corrected chi connectivity index (χ1v) is 9.16. The number of fused-ring (bicyclic) bond motifs is 1. The van der Waals surface area contributed by atoms with Crippen molar-refractivity contribution in [2.75, 3.05) is 10.2 Å². The highest BCUT2D eigenvalue weighted by Gasteiger charge is 2.44. The van der Waals surface area contributed by atoms with Gasteiger partial charge in [-0.3, -0.25) is 14.5 Å². The molecule has 25 heavy (non-hydrogen) atoms. The molecule has 2 aromatic rings. The molecule has 4 nitrogen and oxygen atoms in total. The number of hydrogen-bond acceptors (Lipinski definition) is 3. The van der Waals surface area contributed by atoms with E-state index in [1.54, 1.807) is 18.7 Å². The largest absolute Gasteiger partial charge is 0.322 e. The zero-order valence-electron chi connectivity index (χ0n) is 14.9. The van der Waals surface area contributed by atoms with E-state index in [0.717, 1.165) is 16.1 Å². The van der Waals surface area contributed by atoms with Gasteiger partial charge in [-0.25, -0.2) is 0 Å². The summed E-state index contributed by atoms with van der Waals surface area (Å²) < 4.78 is 0. The van der Waals surface area contributed by atoms with Crippen LogP contribution in [0.5, 0.6) is 0 Å². The minimum absolute atomic E-state index is 0.0705. The molecule has 0 fully saturated rings. The normalized spacial score (nSPS) is 16.8. The quantitative estimate of drug-likeness (QED) is 0.839. The van der Waals surface area contributed by atoms with E-state index in [1.165, 1.54) is 11.8 Å². The number of thioether (sulfide) groups is 1. The van der Waals surface area contributed by atoms with Crippen LogP contribution in [0.2, 0.25) is 0 Å². The molecule has 1 N–H and O–H groups in total. The first-order chi connectivity index (χ1) is 11.8. The summed E-state index contributed by atoms with van der Waals surface area (Å²) in [6, 6.07) is 15.5. The van der Waals surface area contributed by atoms with Crippen molar-refractivity contribution in [3.8, 4) is 0 Å². The van der Waals surface area contributed by atoms with Gasteiger partial charge in [-0.2, -0.15) is 0 Å². The third-order valence-corrected chi connectivity index (χ3v) is 5.46. The van der Waals surface area contributed by atoms with Gasteiger partial charge in [0.1, 0.15) is 5.54 Å². The Morgan fingerprint density at radius 1 is 1.16 bits per heavy atom. The number of nitrogens with one attached hydrogen (secondary N) is 1. The van der Waals surface area contributed by atoms with E-state index < -0.39 is 5.54 Å². The van der Waals surface area contributed by atoms with Gasteiger partial charge < -0.3 is 5.32 Å². The second-order valence-electron chi connectivity index (χ2n) is 6.78. The van der Waals surface area contributed by atoms with Crippen molar-refractivity contribution in [1.29, 1.82) is 0 Å². The molecule has 1 unspecified atom stereocenters. The molecular formula is C20H22N2O2S. The van der Waals surface area contributed by atoms with E-state index >= 15 is 0 Å². The molecule has 3 rings (SSSR count). The van der Waals surface area contributed by atoms with Crippen LogP contribution in [0.25, 0.3) is 0 Å². The molecular weight excluding hydrogens is 332 g/mol. The molecule has 1 heterocycles. The third-order valence-electron chi connectivity index (χ3n) is 4.38. The number of hydrogen-bond donors (Lipinski definition) is 1. The molecule has 0 saturated heterocycles. The van der Waals surface area contributed by atoms with Gasteiger partial charge in [-0.1, -0.05) is 29.8 Å². The van der Waals surface area contributed by atoms with Crippen molar-refractivity contribution in [2.45, 2.75) is 43.4 Å². The molecule has 1 aliphatic heterocycles. The third kappa shape index (κ3) is 3.29. The standard InChI is InChI=1S/C20H22N2O2S/c1-13-8-7-9-15(12-13)25-14(2)18(23)22-17-11-6-5-10-16(17)21-19(24)20(22,3)4/h5-12,14H,1-4H3,(H,21,24). The lowest BCUT2D eigenvalue weighted by Crippen LogP contribution is -2.60. The number of amides is 2. The van der Waals surface area contributed by atoms with Gasteiger partial charge in [0.2, 0.25) is 11.8 Å². The van der Waals surface area contributed by atoms with Crippen LogP contribution < -0.4 is 10.2 Å². The molecule has 0 radical (unpaired) electrons. The Morgan fingerprint density at radius 3 is 2.60 bits per heavy atom. The summed E-state index contributed by atoms with van der Waals surface area (Å²) in [4.78, 5) is 28.4. The number of carbonyl (C=O) groups excluding carboxylic acids is 2. The molecule has 0 bridgehead atoms. The van der Waals surface area contributed by atoms with Gasteiger partial charge in [0.05, 0.1) is 16.6 Å². The van der Waals surface area contributed by atoms with E-state index in [9.17, 15) is 9.59 Å². The fraction of sp³-hybridized carbons (Fsp3) is 0.300. The maximum Gasteiger partial charge on any atom is 0.250 e. The van der Waals surface area contributed by atoms with E-state index in [-0.39, 0.29) is 17.1 Å². The van der Waals surface area contributed by atoms with Gasteiger partial charge >= 0.3 is 0 Å². The molecule has 1 atom stereocenters. The number of para-hydroxylation sites is 2. The maximum atomic E-state index is 13.2. The van der Waals surface area contributed by atoms with Gasteiger partial charge in [0.15, 0.2) is 0 Å². The zero-order valence-corrected chi connectivity index (χ0v) is 15.7. The van der Waals surface area contributed by atoms with Crippen LogP contribution in [-0.4, -0.2) is 22.6 Å². The van der Waals surface area contributed by atoms with Crippen LogP contribution >= 0.6 is 11.8 Å². The average molecular weight is 354 g/mol. The highest BCUT2D eigenvalue weighted by atomic mass is 32.2. The molecule has 2 amide bonds. The maximum absolute atomic E-state index is 13.2. The Balaban J connectivity index is 1.93. The number of aryl methyl sites for hydroxylation is 1. The summed E-state index contributed by atoms with van der Waals surface area (Å²) in [5, 5.41) is 2.59. The second kappa shape index (κ2) is 6.56. The minimum Gasteiger partial charge on any atom is -0.322 e. The van der Waals surface area contributed by atoms with Crippen molar-refractivity contribution in [1.82, 2.24) is 0 Å². The lowest BCUT2D eigenvalue weighted by Gasteiger charge is -2.43. The fourth-order valence-electron chi connectivity index (χ4n) is 2.97. The molecule has 0 spiro atoms. The van der Waals surface area contributed by atoms with Crippen molar-refractivity contribution in [3.05, 3.63) is 54.1 Å². The number of benzene rings is 2. The smallest absolute Gasteiger partial charge is 0.250 e. The Hall–Kier alpha value is -2.27. The van der Waals surface area contributed by atoms with Crippen molar-refractivity contribution < 1.29 is 9.59 Å². The summed E-state index contributed by atoms with van der Waals surface area (Å²) in [5.41, 5.74) is 1.64. The minimum atomic E-state index is -0.938. The number of anilines is 2. The molecule has 5 heteroatoms. The highest BCUT2D eigenvalue weighted by Crippen LogP contribution is 2.38. The van der Waals surface area contributed by atoms with Crippen molar-refractivity contribution >= 4 is 35.0 Å². The molecule has 2 aromatic carbocycles. The van der Waals surface area contributed by atoms with Crippen molar-refractivity contribution in [2.24, 2.45) is 0 Å². The van der Waals surface area contributed by atoms with Crippen LogP contribution in [0.1, 0.15) is 26.3 Å². The predicted octanol–water partition coefficient (Wildman–Crippen LogP) is 4.24. The Kier molecular flexibility index (Phi) is 4.60. The van der Waals surface area contributed by atoms with E-state index in [0.29, 0.717) is 5.69 Å². The molecule has 0 saturated carbocycles. The monoisotopic (exact) mass is 354 g/mol. The van der Waals surface area contributed by atoms with Crippen LogP contribution in [-0.2, 0) is 9.59 Å². The van der Waals surface area contributed by atoms with E-state index in [1.807, 2.05) is 56.3 Å². The van der Waals surface area contributed by atoms with Gasteiger partial charge in [-0.05, 0) is 52.0 Å². The van der Waals surface area contributed by atoms with Crippen LogP contribution in [0.15, 0.2) is 53.4 Å². The predicted molar refractivity (Wildman–Crippen MR) is 103 cm³/mol. The van der Waals surface area contributed by atoms with Crippen LogP contribution in [0, 0.1) is 6.92 Å². The van der Waals surface area contributed by atoms with Gasteiger partial charge in [0.25, 0.3) is 0 Å². The second-order valence-corrected chi connectivity index (χ2v) is 8.19. The Labute approximate surface area is 152 Å². The van der Waals surface area contributed by atoms with Crippen LogP contribution in [0.4, 0.5) is 11.4 Å². The topological polar surface area (TPSA) is 49.4 Å². The first kappa shape index (κ1) is 17.5. The highest BCUT2D eigenvalue weighted by molar-refractivity contribution is 8.00. The lowest BCUT2D eigenvalue weighted by molar-refractivity contribution is -0.126. The van der Waals surface area contributed by atoms with E-state index in [2.05, 4.69) is 11.4 Å². The zero-order chi connectivity index (χ0) is 18.2. The molecule has 130 valence electrons. The molecule has 0 aliphatic carbocycles. The van der Waals surface area contributed by atoms with E-state index in [4.69, 9.17) is 0 Å². The lowest BCUT2D eigenvalue weighted by atomic mass is 9.96. The van der Waals surface area contributed by atoms with Gasteiger partial charge in [-0.15, -0.1) is 11.8 Å². The number of nitrogens with zero attached hydrogens (tertiary/aromatic N) is 1. The summed E-state index contributed by atoms with van der Waals surface area (Å²) in [7, 11) is 0. The first-order valence-electron chi connectivity index (χ1n) is 8.28. The summed E-state index contributed by atoms with van der Waals surface area (Å²) in [5.74, 6) is -0.244. The molecule has 1 aliphatic rings. The van der Waals surface area contributed by atoms with Gasteiger partial charge in [0, 0.05) is 4.90 Å². The number of carbonyl (C=O) groups is 2. The summed E-state index contributed by atoms with van der Waals surface area (Å²) >= 11 is 1.51.